The molecule has 1 heterocycles. The van der Waals surface area contributed by atoms with Crippen LogP contribution in [0, 0.1) is 0 Å². The topological polar surface area (TPSA) is 42.0 Å². The lowest BCUT2D eigenvalue weighted by molar-refractivity contribution is -0.116. The maximum atomic E-state index is 12.0. The van der Waals surface area contributed by atoms with Crippen molar-refractivity contribution >= 4 is 34.0 Å². The average molecular weight is 357 g/mol. The molecule has 0 saturated carbocycles. The van der Waals surface area contributed by atoms with Crippen LogP contribution in [-0.4, -0.2) is 10.9 Å². The molecule has 0 radical (unpaired) electrons. The second-order valence-corrected chi connectivity index (χ2v) is 7.02. The Morgan fingerprint density at radius 1 is 1.08 bits per heavy atom. The van der Waals surface area contributed by atoms with Crippen molar-refractivity contribution in [3.63, 3.8) is 0 Å². The molecule has 0 atom stereocenters. The Labute approximate surface area is 150 Å². The van der Waals surface area contributed by atoms with E-state index < -0.39 is 0 Å². The Morgan fingerprint density at radius 3 is 2.67 bits per heavy atom. The fraction of sp³-hybridized carbons (Fsp3) is 0.158. The number of carbonyl (C=O) groups is 1. The summed E-state index contributed by atoms with van der Waals surface area (Å²) in [5.41, 5.74) is 2.29. The summed E-state index contributed by atoms with van der Waals surface area (Å²) in [5.74, 6) is -0.0116. The summed E-state index contributed by atoms with van der Waals surface area (Å²) in [6.45, 7) is 0. The SMILES string of the molecule is O=C(CCc1ccccc1)Nc1ncc(Cc2cccc(Cl)c2)s1. The number of hydrogen-bond donors (Lipinski definition) is 1. The van der Waals surface area contributed by atoms with E-state index in [1.165, 1.54) is 11.3 Å². The van der Waals surface area contributed by atoms with Crippen molar-refractivity contribution in [1.82, 2.24) is 4.98 Å². The summed E-state index contributed by atoms with van der Waals surface area (Å²) in [4.78, 5) is 17.4. The summed E-state index contributed by atoms with van der Waals surface area (Å²) in [6.07, 6.45) is 3.75. The minimum absolute atomic E-state index is 0.0116. The molecule has 0 aliphatic heterocycles. The summed E-state index contributed by atoms with van der Waals surface area (Å²) >= 11 is 7.50. The summed E-state index contributed by atoms with van der Waals surface area (Å²) in [5, 5.41) is 4.24. The first-order valence-electron chi connectivity index (χ1n) is 7.72. The van der Waals surface area contributed by atoms with E-state index in [2.05, 4.69) is 10.3 Å². The van der Waals surface area contributed by atoms with E-state index in [4.69, 9.17) is 11.6 Å². The number of aromatic nitrogens is 1. The molecule has 2 aromatic carbocycles. The van der Waals surface area contributed by atoms with Gasteiger partial charge < -0.3 is 5.32 Å². The molecule has 5 heteroatoms. The smallest absolute Gasteiger partial charge is 0.226 e. The van der Waals surface area contributed by atoms with Crippen molar-refractivity contribution in [2.24, 2.45) is 0 Å². The van der Waals surface area contributed by atoms with E-state index in [1.807, 2.05) is 54.6 Å². The highest BCUT2D eigenvalue weighted by Crippen LogP contribution is 2.22. The van der Waals surface area contributed by atoms with Crippen LogP contribution in [-0.2, 0) is 17.6 Å². The predicted molar refractivity (Wildman–Crippen MR) is 99.8 cm³/mol. The number of rotatable bonds is 6. The Hall–Kier alpha value is -2.17. The van der Waals surface area contributed by atoms with Crippen molar-refractivity contribution < 1.29 is 4.79 Å². The van der Waals surface area contributed by atoms with Gasteiger partial charge in [0.1, 0.15) is 0 Å². The fourth-order valence-corrected chi connectivity index (χ4v) is 3.46. The number of nitrogens with zero attached hydrogens (tertiary/aromatic N) is 1. The Kier molecular flexibility index (Phi) is 5.62. The van der Waals surface area contributed by atoms with Crippen LogP contribution in [0.1, 0.15) is 22.4 Å². The monoisotopic (exact) mass is 356 g/mol. The molecule has 1 amide bonds. The maximum Gasteiger partial charge on any atom is 0.226 e. The lowest BCUT2D eigenvalue weighted by atomic mass is 10.1. The standard InChI is InChI=1S/C19H17ClN2OS/c20-16-8-4-7-15(11-16)12-17-13-21-19(24-17)22-18(23)10-9-14-5-2-1-3-6-14/h1-8,11,13H,9-10,12H2,(H,21,22,23). The Bertz CT molecular complexity index is 817. The van der Waals surface area contributed by atoms with Gasteiger partial charge in [0.25, 0.3) is 0 Å². The number of aryl methyl sites for hydroxylation is 1. The van der Waals surface area contributed by atoms with Gasteiger partial charge in [0.05, 0.1) is 0 Å². The van der Waals surface area contributed by atoms with E-state index in [0.29, 0.717) is 11.6 Å². The Balaban J connectivity index is 1.53. The number of amides is 1. The van der Waals surface area contributed by atoms with Crippen molar-refractivity contribution in [1.29, 1.82) is 0 Å². The lowest BCUT2D eigenvalue weighted by Gasteiger charge is -2.02. The van der Waals surface area contributed by atoms with Crippen LogP contribution < -0.4 is 5.32 Å². The fourth-order valence-electron chi connectivity index (χ4n) is 2.38. The van der Waals surface area contributed by atoms with Crippen LogP contribution >= 0.6 is 22.9 Å². The van der Waals surface area contributed by atoms with Gasteiger partial charge in [-0.25, -0.2) is 4.98 Å². The van der Waals surface area contributed by atoms with Crippen molar-refractivity contribution in [2.45, 2.75) is 19.3 Å². The molecule has 122 valence electrons. The molecule has 3 nitrogen and oxygen atoms in total. The van der Waals surface area contributed by atoms with E-state index in [0.717, 1.165) is 33.9 Å². The summed E-state index contributed by atoms with van der Waals surface area (Å²) in [6, 6.07) is 17.8. The van der Waals surface area contributed by atoms with Gasteiger partial charge in [-0.1, -0.05) is 54.1 Å². The highest BCUT2D eigenvalue weighted by molar-refractivity contribution is 7.15. The highest BCUT2D eigenvalue weighted by atomic mass is 35.5. The van der Waals surface area contributed by atoms with Crippen LogP contribution in [0.15, 0.2) is 60.8 Å². The van der Waals surface area contributed by atoms with Crippen LogP contribution in [0.2, 0.25) is 5.02 Å². The normalized spacial score (nSPS) is 10.5. The zero-order valence-electron chi connectivity index (χ0n) is 13.0. The van der Waals surface area contributed by atoms with Crippen LogP contribution in [0.4, 0.5) is 5.13 Å². The number of nitrogens with one attached hydrogen (secondary N) is 1. The third-order valence-corrected chi connectivity index (χ3v) is 4.70. The summed E-state index contributed by atoms with van der Waals surface area (Å²) in [7, 11) is 0. The predicted octanol–water partition coefficient (Wildman–Crippen LogP) is 4.96. The number of thiazole rings is 1. The molecule has 0 bridgehead atoms. The first kappa shape index (κ1) is 16.7. The molecule has 24 heavy (non-hydrogen) atoms. The van der Waals surface area contributed by atoms with Gasteiger partial charge in [-0.3, -0.25) is 4.79 Å². The number of benzene rings is 2. The minimum atomic E-state index is -0.0116. The van der Waals surface area contributed by atoms with Gasteiger partial charge in [-0.15, -0.1) is 11.3 Å². The number of carbonyl (C=O) groups excluding carboxylic acids is 1. The molecule has 0 aliphatic rings. The highest BCUT2D eigenvalue weighted by Gasteiger charge is 2.08. The zero-order valence-corrected chi connectivity index (χ0v) is 14.6. The van der Waals surface area contributed by atoms with E-state index in [1.54, 1.807) is 6.20 Å². The van der Waals surface area contributed by atoms with Gasteiger partial charge in [0.15, 0.2) is 5.13 Å². The van der Waals surface area contributed by atoms with Crippen molar-refractivity contribution in [3.05, 3.63) is 81.8 Å². The van der Waals surface area contributed by atoms with E-state index in [9.17, 15) is 4.79 Å². The van der Waals surface area contributed by atoms with Crippen LogP contribution in [0.3, 0.4) is 0 Å². The minimum Gasteiger partial charge on any atom is -0.302 e. The third-order valence-electron chi connectivity index (χ3n) is 3.55. The molecule has 0 spiro atoms. The lowest BCUT2D eigenvalue weighted by Crippen LogP contribution is -2.11. The second-order valence-electron chi connectivity index (χ2n) is 5.47. The van der Waals surface area contributed by atoms with Crippen LogP contribution in [0.5, 0.6) is 0 Å². The zero-order chi connectivity index (χ0) is 16.8. The van der Waals surface area contributed by atoms with Gasteiger partial charge in [0.2, 0.25) is 5.91 Å². The Morgan fingerprint density at radius 2 is 1.88 bits per heavy atom. The second kappa shape index (κ2) is 8.08. The first-order valence-corrected chi connectivity index (χ1v) is 8.91. The molecule has 1 N–H and O–H groups in total. The molecule has 3 aromatic rings. The summed E-state index contributed by atoms with van der Waals surface area (Å²) < 4.78 is 0. The molecular formula is C19H17ClN2OS. The number of hydrogen-bond acceptors (Lipinski definition) is 3. The first-order chi connectivity index (χ1) is 11.7. The molecule has 1 aromatic heterocycles. The van der Waals surface area contributed by atoms with Gasteiger partial charge in [-0.05, 0) is 29.7 Å². The van der Waals surface area contributed by atoms with Gasteiger partial charge >= 0.3 is 0 Å². The molecule has 0 aliphatic carbocycles. The molecule has 3 rings (SSSR count). The van der Waals surface area contributed by atoms with E-state index >= 15 is 0 Å². The van der Waals surface area contributed by atoms with Gasteiger partial charge in [0, 0.05) is 28.9 Å². The quantitative estimate of drug-likeness (QED) is 0.678. The third kappa shape index (κ3) is 4.91. The number of anilines is 1. The maximum absolute atomic E-state index is 12.0. The largest absolute Gasteiger partial charge is 0.302 e. The average Bonchev–Trinajstić information content (AvgIpc) is 3.01. The molecular weight excluding hydrogens is 340 g/mol. The van der Waals surface area contributed by atoms with Gasteiger partial charge in [-0.2, -0.15) is 0 Å². The van der Waals surface area contributed by atoms with Crippen LogP contribution in [0.25, 0.3) is 0 Å². The van der Waals surface area contributed by atoms with Crippen molar-refractivity contribution in [3.8, 4) is 0 Å². The molecule has 0 unspecified atom stereocenters. The number of halogens is 1. The molecule has 0 fully saturated rings. The van der Waals surface area contributed by atoms with Crippen molar-refractivity contribution in [2.75, 3.05) is 5.32 Å². The molecule has 0 saturated heterocycles. The van der Waals surface area contributed by atoms with E-state index in [-0.39, 0.29) is 5.91 Å².